The Morgan fingerprint density at radius 3 is 1.82 bits per heavy atom. The summed E-state index contributed by atoms with van der Waals surface area (Å²) in [6.45, 7) is 4.15. The van der Waals surface area contributed by atoms with Gasteiger partial charge in [-0.3, -0.25) is 4.79 Å². The summed E-state index contributed by atoms with van der Waals surface area (Å²) in [5.74, 6) is -0.0151. The highest BCUT2D eigenvalue weighted by molar-refractivity contribution is 5.76. The maximum absolute atomic E-state index is 10.7. The summed E-state index contributed by atoms with van der Waals surface area (Å²) in [7, 11) is 0. The average Bonchev–Trinajstić information content (AvgIpc) is 1.87. The van der Waals surface area contributed by atoms with Crippen molar-refractivity contribution in [1.82, 2.24) is 0 Å². The van der Waals surface area contributed by atoms with Crippen LogP contribution >= 0.6 is 0 Å². The molecule has 1 amide bonds. The van der Waals surface area contributed by atoms with E-state index in [4.69, 9.17) is 5.73 Å². The number of rotatable bonds is 5. The maximum atomic E-state index is 10.7. The third-order valence-electron chi connectivity index (χ3n) is 1.68. The lowest BCUT2D eigenvalue weighted by Crippen LogP contribution is -2.22. The number of carbonyl (C=O) groups is 1. The second-order valence-corrected chi connectivity index (χ2v) is 2.68. The Bertz CT molecular complexity index is 95.7. The van der Waals surface area contributed by atoms with E-state index < -0.39 is 0 Å². The highest BCUT2D eigenvalue weighted by Crippen LogP contribution is 2.11. The zero-order valence-corrected chi connectivity index (χ0v) is 6.89. The van der Waals surface area contributed by atoms with Crippen LogP contribution in [0.3, 0.4) is 0 Å². The topological polar surface area (TPSA) is 43.1 Å². The van der Waals surface area contributed by atoms with Gasteiger partial charge in [-0.2, -0.15) is 0 Å². The molecule has 0 rings (SSSR count). The first-order chi connectivity index (χ1) is 4.72. The molecule has 0 fully saturated rings. The van der Waals surface area contributed by atoms with Gasteiger partial charge in [0.2, 0.25) is 5.91 Å². The Hall–Kier alpha value is -0.530. The predicted molar refractivity (Wildman–Crippen MR) is 49.2 cm³/mol. The number of amides is 1. The van der Waals surface area contributed by atoms with Crippen LogP contribution < -0.4 is 5.73 Å². The summed E-state index contributed by atoms with van der Waals surface area (Å²) in [5.41, 5.74) is 5.17. The second kappa shape index (κ2) is 7.58. The van der Waals surface area contributed by atoms with Gasteiger partial charge in [0.1, 0.15) is 0 Å². The summed E-state index contributed by atoms with van der Waals surface area (Å²) in [6.07, 6.45) is 3.99. The SMILES string of the molecule is C.CCCC(CCC)C(N)=O. The van der Waals surface area contributed by atoms with Crippen LogP contribution in [0.2, 0.25) is 0 Å². The molecule has 0 spiro atoms. The Morgan fingerprint density at radius 1 is 1.27 bits per heavy atom. The molecule has 0 heterocycles. The molecule has 0 radical (unpaired) electrons. The van der Waals surface area contributed by atoms with Crippen LogP contribution in [-0.4, -0.2) is 5.91 Å². The fraction of sp³-hybridized carbons (Fsp3) is 0.889. The van der Waals surface area contributed by atoms with E-state index in [0.29, 0.717) is 0 Å². The molecule has 2 N–H and O–H groups in total. The number of carbonyl (C=O) groups excluding carboxylic acids is 1. The van der Waals surface area contributed by atoms with Gasteiger partial charge in [-0.1, -0.05) is 34.1 Å². The number of nitrogens with two attached hydrogens (primary N) is 1. The first kappa shape index (κ1) is 13.1. The molecule has 11 heavy (non-hydrogen) atoms. The highest BCUT2D eigenvalue weighted by atomic mass is 16.1. The molecule has 0 aromatic carbocycles. The molecule has 0 aromatic rings. The average molecular weight is 159 g/mol. The van der Waals surface area contributed by atoms with Crippen molar-refractivity contribution in [2.75, 3.05) is 0 Å². The van der Waals surface area contributed by atoms with Crippen molar-refractivity contribution in [2.24, 2.45) is 11.7 Å². The van der Waals surface area contributed by atoms with Crippen molar-refractivity contribution < 1.29 is 4.79 Å². The molecule has 0 saturated heterocycles. The lowest BCUT2D eigenvalue weighted by Gasteiger charge is -2.09. The van der Waals surface area contributed by atoms with E-state index in [1.807, 2.05) is 0 Å². The van der Waals surface area contributed by atoms with Gasteiger partial charge in [-0.15, -0.1) is 0 Å². The van der Waals surface area contributed by atoms with Crippen molar-refractivity contribution in [3.05, 3.63) is 0 Å². The molecular formula is C9H21NO. The van der Waals surface area contributed by atoms with Gasteiger partial charge in [-0.25, -0.2) is 0 Å². The van der Waals surface area contributed by atoms with Crippen LogP contribution in [0, 0.1) is 5.92 Å². The Balaban J connectivity index is 0. The molecule has 2 nitrogen and oxygen atoms in total. The van der Waals surface area contributed by atoms with Crippen molar-refractivity contribution in [2.45, 2.75) is 47.0 Å². The number of hydrogen-bond donors (Lipinski definition) is 1. The van der Waals surface area contributed by atoms with E-state index in [2.05, 4.69) is 13.8 Å². The van der Waals surface area contributed by atoms with Gasteiger partial charge in [0.05, 0.1) is 0 Å². The minimum Gasteiger partial charge on any atom is -0.369 e. The van der Waals surface area contributed by atoms with E-state index in [1.54, 1.807) is 0 Å². The van der Waals surface area contributed by atoms with Crippen LogP contribution in [0.25, 0.3) is 0 Å². The molecule has 0 bridgehead atoms. The monoisotopic (exact) mass is 159 g/mol. The molecule has 0 aliphatic rings. The number of primary amides is 1. The zero-order valence-electron chi connectivity index (χ0n) is 6.89. The van der Waals surface area contributed by atoms with Crippen LogP contribution in [0.1, 0.15) is 47.0 Å². The Morgan fingerprint density at radius 2 is 1.64 bits per heavy atom. The quantitative estimate of drug-likeness (QED) is 0.657. The van der Waals surface area contributed by atoms with Crippen molar-refractivity contribution in [3.63, 3.8) is 0 Å². The van der Waals surface area contributed by atoms with Crippen LogP contribution in [0.15, 0.2) is 0 Å². The molecular weight excluding hydrogens is 138 g/mol. The molecule has 0 aromatic heterocycles. The second-order valence-electron chi connectivity index (χ2n) is 2.68. The molecule has 0 aliphatic carbocycles. The molecule has 68 valence electrons. The van der Waals surface area contributed by atoms with E-state index in [1.165, 1.54) is 0 Å². The molecule has 0 atom stereocenters. The highest BCUT2D eigenvalue weighted by Gasteiger charge is 2.11. The largest absolute Gasteiger partial charge is 0.369 e. The van der Waals surface area contributed by atoms with E-state index in [-0.39, 0.29) is 19.3 Å². The standard InChI is InChI=1S/C8H17NO.CH4/c1-3-5-7(6-4-2)8(9)10;/h7H,3-6H2,1-2H3,(H2,9,10);1H4. The fourth-order valence-electron chi connectivity index (χ4n) is 1.13. The normalized spacial score (nSPS) is 9.36. The van der Waals surface area contributed by atoms with Crippen molar-refractivity contribution in [1.29, 1.82) is 0 Å². The van der Waals surface area contributed by atoms with Gasteiger partial charge in [0, 0.05) is 5.92 Å². The van der Waals surface area contributed by atoms with E-state index in [0.717, 1.165) is 25.7 Å². The summed E-state index contributed by atoms with van der Waals surface area (Å²) < 4.78 is 0. The van der Waals surface area contributed by atoms with Crippen molar-refractivity contribution >= 4 is 5.91 Å². The third-order valence-corrected chi connectivity index (χ3v) is 1.68. The summed E-state index contributed by atoms with van der Waals surface area (Å²) >= 11 is 0. The minimum atomic E-state index is -0.135. The minimum absolute atomic E-state index is 0. The summed E-state index contributed by atoms with van der Waals surface area (Å²) in [5, 5.41) is 0. The van der Waals surface area contributed by atoms with Gasteiger partial charge in [0.15, 0.2) is 0 Å². The molecule has 0 saturated carbocycles. The van der Waals surface area contributed by atoms with Gasteiger partial charge < -0.3 is 5.73 Å². The van der Waals surface area contributed by atoms with E-state index in [9.17, 15) is 4.79 Å². The predicted octanol–water partition coefficient (Wildman–Crippen LogP) is 2.32. The first-order valence-electron chi connectivity index (χ1n) is 4.01. The Labute approximate surface area is 70.2 Å². The van der Waals surface area contributed by atoms with Crippen LogP contribution in [0.4, 0.5) is 0 Å². The van der Waals surface area contributed by atoms with Crippen molar-refractivity contribution in [3.8, 4) is 0 Å². The van der Waals surface area contributed by atoms with Gasteiger partial charge in [0.25, 0.3) is 0 Å². The third kappa shape index (κ3) is 5.89. The van der Waals surface area contributed by atoms with E-state index >= 15 is 0 Å². The first-order valence-corrected chi connectivity index (χ1v) is 4.01. The number of hydrogen-bond acceptors (Lipinski definition) is 1. The van der Waals surface area contributed by atoms with Crippen LogP contribution in [0.5, 0.6) is 0 Å². The summed E-state index contributed by atoms with van der Waals surface area (Å²) in [4.78, 5) is 10.7. The summed E-state index contributed by atoms with van der Waals surface area (Å²) in [6, 6.07) is 0. The van der Waals surface area contributed by atoms with Gasteiger partial charge >= 0.3 is 0 Å². The fourth-order valence-corrected chi connectivity index (χ4v) is 1.13. The molecule has 0 aliphatic heterocycles. The molecule has 2 heteroatoms. The zero-order chi connectivity index (χ0) is 7.98. The lowest BCUT2D eigenvalue weighted by molar-refractivity contribution is -0.122. The Kier molecular flexibility index (Phi) is 9.01. The molecule has 0 unspecified atom stereocenters. The smallest absolute Gasteiger partial charge is 0.220 e. The lowest BCUT2D eigenvalue weighted by atomic mass is 9.98. The van der Waals surface area contributed by atoms with Crippen LogP contribution in [-0.2, 0) is 4.79 Å². The maximum Gasteiger partial charge on any atom is 0.220 e. The van der Waals surface area contributed by atoms with Gasteiger partial charge in [-0.05, 0) is 12.8 Å².